The molecule has 5 saturated carbocycles. The molecule has 5 aliphatic carbocycles. The number of hydrogen-bond donors (Lipinski definition) is 0. The second-order valence-corrected chi connectivity index (χ2v) is 16.3. The molecule has 1 unspecified atom stereocenters. The van der Waals surface area contributed by atoms with Crippen molar-refractivity contribution in [3.05, 3.63) is 0 Å². The summed E-state index contributed by atoms with van der Waals surface area (Å²) in [6.45, 7) is 21.5. The second kappa shape index (κ2) is 8.51. The van der Waals surface area contributed by atoms with Crippen molar-refractivity contribution in [1.82, 2.24) is 0 Å². The summed E-state index contributed by atoms with van der Waals surface area (Å²) in [5.41, 5.74) is 2.90. The van der Waals surface area contributed by atoms with Crippen LogP contribution in [0.15, 0.2) is 0 Å². The number of unbranched alkanes of at least 4 members (excludes halogenated alkanes) is 2. The molecule has 0 bridgehead atoms. The van der Waals surface area contributed by atoms with E-state index in [2.05, 4.69) is 55.4 Å². The first kappa shape index (κ1) is 25.6. The first-order valence-electron chi connectivity index (χ1n) is 15.9. The SMILES string of the molecule is CCCCCC(C)[C@H]1CC[C@]2(C)[C@H]3CC[C@@H]4[C@@]5(C)CCCC(C)(C)[C@@H]5CC[C@@]4(C)[C@]3(C)CC[C@@H]12. The Kier molecular flexibility index (Phi) is 6.42. The van der Waals surface area contributed by atoms with Crippen molar-refractivity contribution in [1.29, 1.82) is 0 Å². The van der Waals surface area contributed by atoms with Crippen LogP contribution in [-0.4, -0.2) is 0 Å². The van der Waals surface area contributed by atoms with Crippen molar-refractivity contribution in [2.75, 3.05) is 0 Å². The highest BCUT2D eigenvalue weighted by Gasteiger charge is 2.70. The molecule has 0 aromatic rings. The Morgan fingerprint density at radius 2 is 1.29 bits per heavy atom. The van der Waals surface area contributed by atoms with Gasteiger partial charge in [-0.05, 0) is 127 Å². The van der Waals surface area contributed by atoms with E-state index in [1.54, 1.807) is 19.3 Å². The molecule has 0 aromatic carbocycles. The normalized spacial score (nSPS) is 52.8. The summed E-state index contributed by atoms with van der Waals surface area (Å²) < 4.78 is 0. The van der Waals surface area contributed by atoms with Gasteiger partial charge in [-0.3, -0.25) is 0 Å². The van der Waals surface area contributed by atoms with Crippen molar-refractivity contribution in [2.45, 2.75) is 152 Å². The van der Waals surface area contributed by atoms with Gasteiger partial charge in [-0.2, -0.15) is 0 Å². The molecule has 0 spiro atoms. The maximum absolute atomic E-state index is 2.83. The van der Waals surface area contributed by atoms with E-state index in [1.807, 2.05) is 0 Å². The molecule has 0 heterocycles. The molecule has 10 atom stereocenters. The van der Waals surface area contributed by atoms with Crippen LogP contribution in [0.3, 0.4) is 0 Å². The standard InChI is InChI=1S/C34H60/c1-9-10-11-13-24(2)25-16-21-31(5)26(25)17-22-33(7)28(31)14-15-29-32(6)20-12-19-30(3,4)27(32)18-23-34(29,33)8/h24-29H,9-23H2,1-8H3/t24?,25-,26+,27+,28-,29-,31+,32+,33-,34-/m1/s1. The molecule has 0 N–H and O–H groups in total. The first-order chi connectivity index (χ1) is 15.9. The lowest BCUT2D eigenvalue weighted by Gasteiger charge is -2.73. The average Bonchev–Trinajstić information content (AvgIpc) is 3.11. The lowest BCUT2D eigenvalue weighted by atomic mass is 9.32. The molecule has 0 radical (unpaired) electrons. The molecule has 5 fully saturated rings. The van der Waals surface area contributed by atoms with Crippen LogP contribution in [0.25, 0.3) is 0 Å². The third-order valence-electron chi connectivity index (χ3n) is 14.8. The monoisotopic (exact) mass is 468 g/mol. The lowest BCUT2D eigenvalue weighted by molar-refractivity contribution is -0.241. The predicted molar refractivity (Wildman–Crippen MR) is 148 cm³/mol. The third-order valence-corrected chi connectivity index (χ3v) is 14.8. The van der Waals surface area contributed by atoms with Gasteiger partial charge in [0.2, 0.25) is 0 Å². The zero-order valence-corrected chi connectivity index (χ0v) is 24.6. The Hall–Kier alpha value is 0. The summed E-state index contributed by atoms with van der Waals surface area (Å²) in [6, 6.07) is 0. The Bertz CT molecular complexity index is 749. The molecule has 0 saturated heterocycles. The number of fused-ring (bicyclic) bond motifs is 7. The van der Waals surface area contributed by atoms with E-state index in [9.17, 15) is 0 Å². The maximum Gasteiger partial charge on any atom is -0.0235 e. The van der Waals surface area contributed by atoms with E-state index in [0.717, 1.165) is 35.5 Å². The summed E-state index contributed by atoms with van der Waals surface area (Å²) in [6.07, 6.45) is 22.5. The Morgan fingerprint density at radius 1 is 0.647 bits per heavy atom. The van der Waals surface area contributed by atoms with Crippen molar-refractivity contribution in [3.63, 3.8) is 0 Å². The minimum Gasteiger partial charge on any atom is -0.0654 e. The van der Waals surface area contributed by atoms with Crippen LogP contribution >= 0.6 is 0 Å². The van der Waals surface area contributed by atoms with Crippen LogP contribution in [0.1, 0.15) is 152 Å². The molecule has 0 amide bonds. The van der Waals surface area contributed by atoms with Crippen LogP contribution in [0.5, 0.6) is 0 Å². The first-order valence-corrected chi connectivity index (χ1v) is 15.9. The van der Waals surface area contributed by atoms with E-state index in [-0.39, 0.29) is 0 Å². The lowest BCUT2D eigenvalue weighted by Crippen LogP contribution is -2.65. The van der Waals surface area contributed by atoms with Crippen molar-refractivity contribution in [3.8, 4) is 0 Å². The molecule has 5 rings (SSSR count). The van der Waals surface area contributed by atoms with Gasteiger partial charge in [-0.15, -0.1) is 0 Å². The number of hydrogen-bond acceptors (Lipinski definition) is 0. The second-order valence-electron chi connectivity index (χ2n) is 16.3. The van der Waals surface area contributed by atoms with Crippen molar-refractivity contribution >= 4 is 0 Å². The van der Waals surface area contributed by atoms with Crippen LogP contribution in [0.4, 0.5) is 0 Å². The van der Waals surface area contributed by atoms with E-state index in [1.165, 1.54) is 77.0 Å². The van der Waals surface area contributed by atoms with Crippen molar-refractivity contribution < 1.29 is 0 Å². The quantitative estimate of drug-likeness (QED) is 0.352. The highest BCUT2D eigenvalue weighted by Crippen LogP contribution is 2.78. The smallest absolute Gasteiger partial charge is 0.0235 e. The van der Waals surface area contributed by atoms with E-state index in [4.69, 9.17) is 0 Å². The Morgan fingerprint density at radius 3 is 1.97 bits per heavy atom. The summed E-state index contributed by atoms with van der Waals surface area (Å²) in [4.78, 5) is 0. The van der Waals surface area contributed by atoms with Gasteiger partial charge in [0.1, 0.15) is 0 Å². The fourth-order valence-corrected chi connectivity index (χ4v) is 12.9. The molecule has 0 heteroatoms. The minimum absolute atomic E-state index is 0.558. The predicted octanol–water partition coefficient (Wildman–Crippen LogP) is 10.7. The van der Waals surface area contributed by atoms with Gasteiger partial charge in [0.05, 0.1) is 0 Å². The number of rotatable bonds is 5. The molecular weight excluding hydrogens is 408 g/mol. The average molecular weight is 469 g/mol. The summed E-state index contributed by atoms with van der Waals surface area (Å²) in [5.74, 6) is 5.88. The Labute approximate surface area is 214 Å². The largest absolute Gasteiger partial charge is 0.0654 e. The third kappa shape index (κ3) is 3.41. The van der Waals surface area contributed by atoms with Crippen LogP contribution < -0.4 is 0 Å². The fraction of sp³-hybridized carbons (Fsp3) is 1.00. The van der Waals surface area contributed by atoms with Gasteiger partial charge in [0, 0.05) is 0 Å². The Balaban J connectivity index is 1.41. The fourth-order valence-electron chi connectivity index (χ4n) is 12.9. The van der Waals surface area contributed by atoms with Gasteiger partial charge in [-0.1, -0.05) is 87.5 Å². The summed E-state index contributed by atoms with van der Waals surface area (Å²) in [5, 5.41) is 0. The molecule has 196 valence electrons. The van der Waals surface area contributed by atoms with Crippen molar-refractivity contribution in [2.24, 2.45) is 62.6 Å². The van der Waals surface area contributed by atoms with E-state index in [0.29, 0.717) is 27.1 Å². The molecule has 5 aliphatic rings. The molecular formula is C34H60. The molecule has 0 aromatic heterocycles. The molecule has 0 nitrogen and oxygen atoms in total. The van der Waals surface area contributed by atoms with Gasteiger partial charge in [0.25, 0.3) is 0 Å². The summed E-state index contributed by atoms with van der Waals surface area (Å²) in [7, 11) is 0. The van der Waals surface area contributed by atoms with Gasteiger partial charge >= 0.3 is 0 Å². The van der Waals surface area contributed by atoms with Crippen LogP contribution in [0, 0.1) is 62.6 Å². The zero-order chi connectivity index (χ0) is 24.6. The molecule has 0 aliphatic heterocycles. The highest BCUT2D eigenvalue weighted by atomic mass is 14.7. The van der Waals surface area contributed by atoms with Gasteiger partial charge in [-0.25, -0.2) is 0 Å². The van der Waals surface area contributed by atoms with Crippen LogP contribution in [-0.2, 0) is 0 Å². The highest BCUT2D eigenvalue weighted by molar-refractivity contribution is 5.19. The summed E-state index contributed by atoms with van der Waals surface area (Å²) >= 11 is 0. The van der Waals surface area contributed by atoms with Gasteiger partial charge in [0.15, 0.2) is 0 Å². The minimum atomic E-state index is 0.558. The van der Waals surface area contributed by atoms with E-state index < -0.39 is 0 Å². The van der Waals surface area contributed by atoms with Gasteiger partial charge < -0.3 is 0 Å². The molecule has 34 heavy (non-hydrogen) atoms. The topological polar surface area (TPSA) is 0 Å². The van der Waals surface area contributed by atoms with Crippen LogP contribution in [0.2, 0.25) is 0 Å². The zero-order valence-electron chi connectivity index (χ0n) is 24.6. The van der Waals surface area contributed by atoms with E-state index >= 15 is 0 Å². The maximum atomic E-state index is 2.83.